The van der Waals surface area contributed by atoms with Gasteiger partial charge < -0.3 is 18.9 Å². The number of rotatable bonds is 0. The van der Waals surface area contributed by atoms with Crippen LogP contribution >= 0.6 is 0 Å². The number of ether oxygens (including phenoxy) is 4. The Morgan fingerprint density at radius 3 is 1.70 bits per heavy atom. The predicted octanol–water partition coefficient (Wildman–Crippen LogP) is 1.74. The molecule has 3 heterocycles. The second kappa shape index (κ2) is 6.33. The third-order valence-electron chi connectivity index (χ3n) is 3.99. The van der Waals surface area contributed by atoms with E-state index in [0.717, 1.165) is 22.5 Å². The molecule has 1 spiro atoms. The van der Waals surface area contributed by atoms with Gasteiger partial charge in [-0.2, -0.15) is 0 Å². The summed E-state index contributed by atoms with van der Waals surface area (Å²) < 4.78 is 23.4. The molecule has 120 valence electrons. The van der Waals surface area contributed by atoms with E-state index in [9.17, 15) is 0 Å². The molecular formula is C17H18N2O4. The highest BCUT2D eigenvalue weighted by molar-refractivity contribution is 5.72. The van der Waals surface area contributed by atoms with Crippen molar-refractivity contribution in [2.45, 2.75) is 5.79 Å². The molecule has 1 fully saturated rings. The highest BCUT2D eigenvalue weighted by atomic mass is 16.7. The molecule has 0 N–H and O–H groups in total. The Morgan fingerprint density at radius 1 is 0.696 bits per heavy atom. The third-order valence-corrected chi connectivity index (χ3v) is 3.99. The van der Waals surface area contributed by atoms with Gasteiger partial charge in [0.2, 0.25) is 5.79 Å². The summed E-state index contributed by atoms with van der Waals surface area (Å²) in [5, 5.41) is 0. The summed E-state index contributed by atoms with van der Waals surface area (Å²) in [5.74, 6) is -0.996. The summed E-state index contributed by atoms with van der Waals surface area (Å²) >= 11 is 0. The fraction of sp³-hybridized carbons (Fsp3) is 0.412. The first-order valence-corrected chi connectivity index (χ1v) is 7.76. The summed E-state index contributed by atoms with van der Waals surface area (Å²) in [6.07, 6.45) is 3.52. The molecule has 2 aromatic rings. The summed E-state index contributed by atoms with van der Waals surface area (Å²) in [6, 6.07) is 7.73. The van der Waals surface area contributed by atoms with Crippen molar-refractivity contribution in [1.29, 1.82) is 0 Å². The van der Waals surface area contributed by atoms with Crippen LogP contribution in [0, 0.1) is 0 Å². The molecule has 1 aliphatic carbocycles. The minimum atomic E-state index is -0.996. The van der Waals surface area contributed by atoms with Crippen LogP contribution in [0.1, 0.15) is 11.1 Å². The SMILES string of the molecule is c1cnc2c(c1)C1(OCCOCCOCCO1)c1cccnc1-2. The molecule has 6 heteroatoms. The predicted molar refractivity (Wildman–Crippen MR) is 81.8 cm³/mol. The third kappa shape index (κ3) is 2.53. The fourth-order valence-corrected chi connectivity index (χ4v) is 3.03. The zero-order chi connectivity index (χ0) is 15.5. The molecule has 0 bridgehead atoms. The van der Waals surface area contributed by atoms with Crippen molar-refractivity contribution in [3.63, 3.8) is 0 Å². The maximum atomic E-state index is 6.19. The minimum Gasteiger partial charge on any atom is -0.377 e. The Hall–Kier alpha value is -1.86. The van der Waals surface area contributed by atoms with Crippen molar-refractivity contribution in [1.82, 2.24) is 9.97 Å². The van der Waals surface area contributed by atoms with Gasteiger partial charge >= 0.3 is 0 Å². The van der Waals surface area contributed by atoms with Crippen LogP contribution in [0.5, 0.6) is 0 Å². The Bertz CT molecular complexity index is 632. The lowest BCUT2D eigenvalue weighted by Crippen LogP contribution is -2.34. The second-order valence-corrected chi connectivity index (χ2v) is 5.34. The molecule has 2 aromatic heterocycles. The van der Waals surface area contributed by atoms with Gasteiger partial charge in [0.05, 0.1) is 51.0 Å². The number of aromatic nitrogens is 2. The Labute approximate surface area is 134 Å². The van der Waals surface area contributed by atoms with Crippen molar-refractivity contribution in [2.24, 2.45) is 0 Å². The van der Waals surface area contributed by atoms with Crippen molar-refractivity contribution in [3.8, 4) is 11.4 Å². The molecule has 0 atom stereocenters. The quantitative estimate of drug-likeness (QED) is 0.738. The number of fused-ring (bicyclic) bond motifs is 5. The molecular weight excluding hydrogens is 296 g/mol. The molecule has 0 unspecified atom stereocenters. The van der Waals surface area contributed by atoms with Crippen LogP contribution in [0.4, 0.5) is 0 Å². The average Bonchev–Trinajstić information content (AvgIpc) is 2.84. The van der Waals surface area contributed by atoms with E-state index < -0.39 is 5.79 Å². The monoisotopic (exact) mass is 314 g/mol. The van der Waals surface area contributed by atoms with Crippen molar-refractivity contribution < 1.29 is 18.9 Å². The van der Waals surface area contributed by atoms with Gasteiger partial charge in [0.1, 0.15) is 0 Å². The molecule has 0 amide bonds. The molecule has 1 aliphatic heterocycles. The van der Waals surface area contributed by atoms with Crippen LogP contribution in [0.2, 0.25) is 0 Å². The van der Waals surface area contributed by atoms with Gasteiger partial charge in [0.25, 0.3) is 0 Å². The van der Waals surface area contributed by atoms with E-state index in [2.05, 4.69) is 9.97 Å². The van der Waals surface area contributed by atoms with Crippen LogP contribution in [-0.2, 0) is 24.7 Å². The Kier molecular flexibility index (Phi) is 4.05. The number of nitrogens with zero attached hydrogens (tertiary/aromatic N) is 2. The van der Waals surface area contributed by atoms with Gasteiger partial charge in [-0.1, -0.05) is 0 Å². The summed E-state index contributed by atoms with van der Waals surface area (Å²) in [6.45, 7) is 2.93. The molecule has 6 nitrogen and oxygen atoms in total. The molecule has 1 saturated heterocycles. The van der Waals surface area contributed by atoms with Gasteiger partial charge in [0, 0.05) is 23.5 Å². The Morgan fingerprint density at radius 2 is 1.17 bits per heavy atom. The van der Waals surface area contributed by atoms with Crippen molar-refractivity contribution in [2.75, 3.05) is 39.6 Å². The standard InChI is InChI=1S/C17H18N2O4/c1-3-13-15(18-5-1)16-14(4-2-6-19-16)17(13)22-11-9-20-7-8-21-10-12-23-17/h1-6H,7-12H2. The molecule has 0 radical (unpaired) electrons. The smallest absolute Gasteiger partial charge is 0.226 e. The van der Waals surface area contributed by atoms with Gasteiger partial charge in [-0.25, -0.2) is 0 Å². The molecule has 23 heavy (non-hydrogen) atoms. The zero-order valence-corrected chi connectivity index (χ0v) is 12.7. The zero-order valence-electron chi connectivity index (χ0n) is 12.7. The highest BCUT2D eigenvalue weighted by Gasteiger charge is 2.47. The molecule has 0 aromatic carbocycles. The van der Waals surface area contributed by atoms with Gasteiger partial charge in [-0.05, 0) is 24.3 Å². The first-order chi connectivity index (χ1) is 11.4. The minimum absolute atomic E-state index is 0.419. The van der Waals surface area contributed by atoms with Crippen LogP contribution < -0.4 is 0 Å². The van der Waals surface area contributed by atoms with Crippen LogP contribution in [-0.4, -0.2) is 49.6 Å². The van der Waals surface area contributed by atoms with Crippen molar-refractivity contribution >= 4 is 0 Å². The van der Waals surface area contributed by atoms with E-state index >= 15 is 0 Å². The van der Waals surface area contributed by atoms with Gasteiger partial charge in [-0.15, -0.1) is 0 Å². The summed E-state index contributed by atoms with van der Waals surface area (Å²) in [5.41, 5.74) is 3.38. The van der Waals surface area contributed by atoms with Crippen LogP contribution in [0.15, 0.2) is 36.7 Å². The van der Waals surface area contributed by atoms with E-state index in [1.807, 2.05) is 24.3 Å². The maximum absolute atomic E-state index is 6.19. The largest absolute Gasteiger partial charge is 0.377 e. The van der Waals surface area contributed by atoms with E-state index in [0.29, 0.717) is 39.6 Å². The van der Waals surface area contributed by atoms with Crippen LogP contribution in [0.3, 0.4) is 0 Å². The molecule has 2 aliphatic rings. The lowest BCUT2D eigenvalue weighted by atomic mass is 10.1. The van der Waals surface area contributed by atoms with E-state index in [1.165, 1.54) is 0 Å². The number of pyridine rings is 2. The topological polar surface area (TPSA) is 62.7 Å². The van der Waals surface area contributed by atoms with E-state index in [4.69, 9.17) is 18.9 Å². The van der Waals surface area contributed by atoms with E-state index in [-0.39, 0.29) is 0 Å². The fourth-order valence-electron chi connectivity index (χ4n) is 3.03. The summed E-state index contributed by atoms with van der Waals surface area (Å²) in [4.78, 5) is 8.96. The molecule has 4 rings (SSSR count). The van der Waals surface area contributed by atoms with Crippen LogP contribution in [0.25, 0.3) is 11.4 Å². The Balaban J connectivity index is 1.79. The highest BCUT2D eigenvalue weighted by Crippen LogP contribution is 2.48. The first kappa shape index (κ1) is 14.7. The van der Waals surface area contributed by atoms with Crippen molar-refractivity contribution in [3.05, 3.63) is 47.8 Å². The lowest BCUT2D eigenvalue weighted by molar-refractivity contribution is -0.222. The second-order valence-electron chi connectivity index (χ2n) is 5.34. The lowest BCUT2D eigenvalue weighted by Gasteiger charge is -2.31. The normalized spacial score (nSPS) is 20.5. The number of hydrogen-bond donors (Lipinski definition) is 0. The number of hydrogen-bond acceptors (Lipinski definition) is 6. The molecule has 0 saturated carbocycles. The first-order valence-electron chi connectivity index (χ1n) is 7.76. The summed E-state index contributed by atoms with van der Waals surface area (Å²) in [7, 11) is 0. The van der Waals surface area contributed by atoms with Gasteiger partial charge in [0.15, 0.2) is 0 Å². The average molecular weight is 314 g/mol. The van der Waals surface area contributed by atoms with Gasteiger partial charge in [-0.3, -0.25) is 9.97 Å². The van der Waals surface area contributed by atoms with E-state index in [1.54, 1.807) is 12.4 Å². The maximum Gasteiger partial charge on any atom is 0.226 e.